The Morgan fingerprint density at radius 2 is 1.83 bits per heavy atom. The van der Waals surface area contributed by atoms with Crippen LogP contribution in [0.25, 0.3) is 0 Å². The molecule has 2 amide bonds. The number of benzene rings is 2. The zero-order valence-corrected chi connectivity index (χ0v) is 13.1. The van der Waals surface area contributed by atoms with Gasteiger partial charge in [0.05, 0.1) is 17.5 Å². The van der Waals surface area contributed by atoms with E-state index in [1.807, 2.05) is 54.6 Å². The first-order chi connectivity index (χ1) is 11.2. The van der Waals surface area contributed by atoms with Gasteiger partial charge in [0.2, 0.25) is 11.8 Å². The van der Waals surface area contributed by atoms with Crippen molar-refractivity contribution in [3.05, 3.63) is 60.2 Å². The summed E-state index contributed by atoms with van der Waals surface area (Å²) in [7, 11) is 0. The first-order valence-electron chi connectivity index (χ1n) is 7.23. The number of nitrogens with one attached hydrogen (secondary N) is 1. The van der Waals surface area contributed by atoms with Crippen LogP contribution in [0.3, 0.4) is 0 Å². The second-order valence-corrected chi connectivity index (χ2v) is 6.47. The van der Waals surface area contributed by atoms with Crippen molar-refractivity contribution in [2.45, 2.75) is 23.1 Å². The Morgan fingerprint density at radius 3 is 2.57 bits per heavy atom. The molecule has 0 aliphatic carbocycles. The molecule has 118 valence electrons. The smallest absolute Gasteiger partial charge is 0.244 e. The van der Waals surface area contributed by atoms with E-state index < -0.39 is 11.2 Å². The van der Waals surface area contributed by atoms with E-state index in [4.69, 9.17) is 5.21 Å². The van der Waals surface area contributed by atoms with Gasteiger partial charge in [-0.2, -0.15) is 0 Å². The monoisotopic (exact) mass is 328 g/mol. The molecule has 0 aromatic heterocycles. The molecule has 6 heteroatoms. The Labute approximate surface area is 138 Å². The van der Waals surface area contributed by atoms with Gasteiger partial charge >= 0.3 is 0 Å². The molecule has 3 rings (SSSR count). The number of hydrogen-bond donors (Lipinski definition) is 2. The number of rotatable bonds is 4. The topological polar surface area (TPSA) is 69.6 Å². The zero-order chi connectivity index (χ0) is 16.2. The molecule has 0 spiro atoms. The number of carbonyl (C=O) groups excluding carboxylic acids is 2. The van der Waals surface area contributed by atoms with Crippen molar-refractivity contribution >= 4 is 29.3 Å². The van der Waals surface area contributed by atoms with Crippen LogP contribution in [-0.2, 0) is 16.1 Å². The van der Waals surface area contributed by atoms with E-state index in [9.17, 15) is 9.59 Å². The molecule has 1 aliphatic heterocycles. The van der Waals surface area contributed by atoms with Gasteiger partial charge in [0.15, 0.2) is 0 Å². The molecule has 0 saturated heterocycles. The molecule has 2 aromatic carbocycles. The van der Waals surface area contributed by atoms with Crippen LogP contribution in [0, 0.1) is 0 Å². The third kappa shape index (κ3) is 3.38. The quantitative estimate of drug-likeness (QED) is 0.668. The fourth-order valence-corrected chi connectivity index (χ4v) is 3.77. The maximum Gasteiger partial charge on any atom is 0.244 e. The molecule has 23 heavy (non-hydrogen) atoms. The highest BCUT2D eigenvalue weighted by atomic mass is 32.2. The van der Waals surface area contributed by atoms with Crippen LogP contribution in [0.15, 0.2) is 59.5 Å². The van der Waals surface area contributed by atoms with Crippen molar-refractivity contribution < 1.29 is 14.8 Å². The normalized spacial score (nSPS) is 16.8. The predicted octanol–water partition coefficient (Wildman–Crippen LogP) is 2.59. The van der Waals surface area contributed by atoms with Crippen LogP contribution >= 0.6 is 11.8 Å². The lowest BCUT2D eigenvalue weighted by atomic mass is 10.1. The molecule has 1 heterocycles. The van der Waals surface area contributed by atoms with Gasteiger partial charge in [0.1, 0.15) is 0 Å². The molecule has 1 aliphatic rings. The Hall–Kier alpha value is -2.31. The van der Waals surface area contributed by atoms with Gasteiger partial charge < -0.3 is 4.90 Å². The lowest BCUT2D eigenvalue weighted by molar-refractivity contribution is -0.131. The summed E-state index contributed by atoms with van der Waals surface area (Å²) in [6.45, 7) is 0.453. The van der Waals surface area contributed by atoms with E-state index in [0.29, 0.717) is 6.54 Å². The summed E-state index contributed by atoms with van der Waals surface area (Å²) in [5.41, 5.74) is 3.47. The number of hydrogen-bond acceptors (Lipinski definition) is 4. The molecular weight excluding hydrogens is 312 g/mol. The van der Waals surface area contributed by atoms with Crippen LogP contribution in [0.5, 0.6) is 0 Å². The highest BCUT2D eigenvalue weighted by molar-refractivity contribution is 8.01. The van der Waals surface area contributed by atoms with Crippen LogP contribution in [0.1, 0.15) is 12.0 Å². The van der Waals surface area contributed by atoms with Crippen molar-refractivity contribution in [2.24, 2.45) is 0 Å². The van der Waals surface area contributed by atoms with Crippen LogP contribution in [0.4, 0.5) is 5.69 Å². The van der Waals surface area contributed by atoms with E-state index in [2.05, 4.69) is 0 Å². The zero-order valence-electron chi connectivity index (χ0n) is 12.3. The van der Waals surface area contributed by atoms with Crippen LogP contribution in [-0.4, -0.2) is 22.3 Å². The lowest BCUT2D eigenvalue weighted by Crippen LogP contribution is -2.42. The molecule has 1 atom stereocenters. The van der Waals surface area contributed by atoms with Crippen molar-refractivity contribution in [3.8, 4) is 0 Å². The molecule has 1 unspecified atom stereocenters. The SMILES string of the molecule is O=C(CC1Sc2ccccc2N(Cc2ccccc2)C1=O)NO. The van der Waals surface area contributed by atoms with Crippen molar-refractivity contribution in [1.29, 1.82) is 0 Å². The van der Waals surface area contributed by atoms with Gasteiger partial charge in [0, 0.05) is 11.3 Å². The largest absolute Gasteiger partial charge is 0.306 e. The van der Waals surface area contributed by atoms with E-state index in [-0.39, 0.29) is 12.3 Å². The van der Waals surface area contributed by atoms with Crippen molar-refractivity contribution in [3.63, 3.8) is 0 Å². The molecule has 5 nitrogen and oxygen atoms in total. The first kappa shape index (κ1) is 15.6. The Bertz CT molecular complexity index is 721. The lowest BCUT2D eigenvalue weighted by Gasteiger charge is -2.33. The summed E-state index contributed by atoms with van der Waals surface area (Å²) in [5, 5.41) is 8.17. The maximum absolute atomic E-state index is 12.8. The summed E-state index contributed by atoms with van der Waals surface area (Å²) in [5.74, 6) is -0.684. The number of nitrogens with zero attached hydrogens (tertiary/aromatic N) is 1. The molecule has 2 N–H and O–H groups in total. The van der Waals surface area contributed by atoms with Gasteiger partial charge in [-0.1, -0.05) is 42.5 Å². The highest BCUT2D eigenvalue weighted by Crippen LogP contribution is 2.40. The van der Waals surface area contributed by atoms with Gasteiger partial charge in [-0.25, -0.2) is 5.48 Å². The second kappa shape index (κ2) is 6.85. The summed E-state index contributed by atoms with van der Waals surface area (Å²) < 4.78 is 0. The average Bonchev–Trinajstić information content (AvgIpc) is 2.59. The number of carbonyl (C=O) groups is 2. The maximum atomic E-state index is 12.8. The van der Waals surface area contributed by atoms with Gasteiger partial charge in [-0.3, -0.25) is 14.8 Å². The summed E-state index contributed by atoms with van der Waals surface area (Å²) in [4.78, 5) is 26.9. The van der Waals surface area contributed by atoms with Crippen molar-refractivity contribution in [2.75, 3.05) is 4.90 Å². The Balaban J connectivity index is 1.91. The molecule has 0 bridgehead atoms. The average molecular weight is 328 g/mol. The molecule has 0 radical (unpaired) electrons. The van der Waals surface area contributed by atoms with E-state index in [1.54, 1.807) is 10.4 Å². The van der Waals surface area contributed by atoms with E-state index in [1.165, 1.54) is 11.8 Å². The third-order valence-corrected chi connectivity index (χ3v) is 4.90. The fourth-order valence-electron chi connectivity index (χ4n) is 2.55. The standard InChI is InChI=1S/C17H16N2O3S/c20-16(18-22)10-15-17(21)19(11-12-6-2-1-3-7-12)13-8-4-5-9-14(13)23-15/h1-9,15,22H,10-11H2,(H,18,20). The highest BCUT2D eigenvalue weighted by Gasteiger charge is 2.34. The van der Waals surface area contributed by atoms with Gasteiger partial charge in [-0.05, 0) is 17.7 Å². The Morgan fingerprint density at radius 1 is 1.13 bits per heavy atom. The number of amides is 2. The predicted molar refractivity (Wildman–Crippen MR) is 88.3 cm³/mol. The molecule has 0 saturated carbocycles. The second-order valence-electron chi connectivity index (χ2n) is 5.22. The number of hydroxylamine groups is 1. The van der Waals surface area contributed by atoms with E-state index >= 15 is 0 Å². The van der Waals surface area contributed by atoms with Gasteiger partial charge in [0.25, 0.3) is 0 Å². The number of thioether (sulfide) groups is 1. The van der Waals surface area contributed by atoms with Crippen LogP contribution in [0.2, 0.25) is 0 Å². The van der Waals surface area contributed by atoms with Gasteiger partial charge in [-0.15, -0.1) is 11.8 Å². The third-order valence-electron chi connectivity index (χ3n) is 3.65. The summed E-state index contributed by atoms with van der Waals surface area (Å²) in [6.07, 6.45) is -0.0559. The minimum atomic E-state index is -0.560. The molecular formula is C17H16N2O3S. The van der Waals surface area contributed by atoms with Crippen molar-refractivity contribution in [1.82, 2.24) is 5.48 Å². The summed E-state index contributed by atoms with van der Waals surface area (Å²) in [6, 6.07) is 17.4. The van der Waals surface area contributed by atoms with Crippen LogP contribution < -0.4 is 10.4 Å². The van der Waals surface area contributed by atoms with E-state index in [0.717, 1.165) is 16.1 Å². The number of fused-ring (bicyclic) bond motifs is 1. The summed E-state index contributed by atoms with van der Waals surface area (Å²) >= 11 is 1.36. The Kier molecular flexibility index (Phi) is 4.64. The molecule has 0 fully saturated rings. The molecule has 2 aromatic rings. The fraction of sp³-hybridized carbons (Fsp3) is 0.176. The minimum Gasteiger partial charge on any atom is -0.306 e. The minimum absolute atomic E-state index is 0.0559. The number of para-hydroxylation sites is 1. The first-order valence-corrected chi connectivity index (χ1v) is 8.11. The number of anilines is 1.